The van der Waals surface area contributed by atoms with Gasteiger partial charge >= 0.3 is 0 Å². The zero-order valence-electron chi connectivity index (χ0n) is 8.97. The normalized spacial score (nSPS) is 15.6. The van der Waals surface area contributed by atoms with Gasteiger partial charge in [0, 0.05) is 11.7 Å². The van der Waals surface area contributed by atoms with Crippen LogP contribution in [-0.4, -0.2) is 16.9 Å². The van der Waals surface area contributed by atoms with Gasteiger partial charge in [-0.1, -0.05) is 11.6 Å². The first-order chi connectivity index (χ1) is 7.58. The Morgan fingerprint density at radius 1 is 1.56 bits per heavy atom. The fraction of sp³-hybridized carbons (Fsp3) is 0.455. The van der Waals surface area contributed by atoms with E-state index in [9.17, 15) is 9.59 Å². The Morgan fingerprint density at radius 3 is 2.81 bits per heavy atom. The van der Waals surface area contributed by atoms with E-state index in [0.29, 0.717) is 10.7 Å². The first kappa shape index (κ1) is 11.2. The maximum Gasteiger partial charge on any atom is 0.261 e. The molecule has 1 heterocycles. The third kappa shape index (κ3) is 2.11. The van der Waals surface area contributed by atoms with Gasteiger partial charge in [-0.15, -0.1) is 0 Å². The molecule has 2 N–H and O–H groups in total. The van der Waals surface area contributed by atoms with Crippen molar-refractivity contribution in [1.29, 1.82) is 0 Å². The number of pyridine rings is 1. The van der Waals surface area contributed by atoms with Gasteiger partial charge in [0.05, 0.1) is 5.02 Å². The SMILES string of the molecule is Cc1[nH]c(=O)c(C(=O)NC2CCC2)cc1Cl. The Labute approximate surface area is 98.0 Å². The Hall–Kier alpha value is -1.29. The molecule has 5 heteroatoms. The summed E-state index contributed by atoms with van der Waals surface area (Å²) in [4.78, 5) is 25.8. The third-order valence-corrected chi connectivity index (χ3v) is 3.25. The van der Waals surface area contributed by atoms with Crippen molar-refractivity contribution in [1.82, 2.24) is 10.3 Å². The molecule has 0 aromatic carbocycles. The number of hydrogen-bond donors (Lipinski definition) is 2. The van der Waals surface area contributed by atoms with Crippen LogP contribution in [-0.2, 0) is 0 Å². The van der Waals surface area contributed by atoms with Crippen LogP contribution in [0.3, 0.4) is 0 Å². The van der Waals surface area contributed by atoms with E-state index >= 15 is 0 Å². The van der Waals surface area contributed by atoms with Gasteiger partial charge in [0.1, 0.15) is 5.56 Å². The Morgan fingerprint density at radius 2 is 2.25 bits per heavy atom. The molecule has 0 atom stereocenters. The van der Waals surface area contributed by atoms with Crippen LogP contribution in [0.1, 0.15) is 35.3 Å². The van der Waals surface area contributed by atoms with Crippen LogP contribution in [0.15, 0.2) is 10.9 Å². The largest absolute Gasteiger partial charge is 0.349 e. The highest BCUT2D eigenvalue weighted by Gasteiger charge is 2.21. The average molecular weight is 241 g/mol. The van der Waals surface area contributed by atoms with Crippen molar-refractivity contribution in [2.24, 2.45) is 0 Å². The van der Waals surface area contributed by atoms with E-state index in [0.717, 1.165) is 19.3 Å². The van der Waals surface area contributed by atoms with Gasteiger partial charge in [-0.25, -0.2) is 0 Å². The molecular formula is C11H13ClN2O2. The highest BCUT2D eigenvalue weighted by atomic mass is 35.5. The maximum absolute atomic E-state index is 11.7. The number of amides is 1. The smallest absolute Gasteiger partial charge is 0.261 e. The lowest BCUT2D eigenvalue weighted by Crippen LogP contribution is -2.41. The van der Waals surface area contributed by atoms with Crippen LogP contribution in [0.25, 0.3) is 0 Å². The van der Waals surface area contributed by atoms with Gasteiger partial charge in [0.15, 0.2) is 0 Å². The van der Waals surface area contributed by atoms with E-state index in [1.165, 1.54) is 6.07 Å². The summed E-state index contributed by atoms with van der Waals surface area (Å²) in [7, 11) is 0. The van der Waals surface area contributed by atoms with Crippen molar-refractivity contribution in [2.75, 3.05) is 0 Å². The van der Waals surface area contributed by atoms with E-state index in [2.05, 4.69) is 10.3 Å². The molecule has 16 heavy (non-hydrogen) atoms. The second-order valence-corrected chi connectivity index (χ2v) is 4.49. The highest BCUT2D eigenvalue weighted by Crippen LogP contribution is 2.18. The molecule has 86 valence electrons. The number of H-pyrrole nitrogens is 1. The molecular weight excluding hydrogens is 228 g/mol. The van der Waals surface area contributed by atoms with Crippen molar-refractivity contribution in [3.63, 3.8) is 0 Å². The monoisotopic (exact) mass is 240 g/mol. The quantitative estimate of drug-likeness (QED) is 0.825. The highest BCUT2D eigenvalue weighted by molar-refractivity contribution is 6.31. The summed E-state index contributed by atoms with van der Waals surface area (Å²) in [6, 6.07) is 1.64. The van der Waals surface area contributed by atoms with E-state index in [-0.39, 0.29) is 17.5 Å². The first-order valence-corrected chi connectivity index (χ1v) is 5.66. The molecule has 1 amide bonds. The molecule has 1 aromatic heterocycles. The van der Waals surface area contributed by atoms with Crippen LogP contribution >= 0.6 is 11.6 Å². The van der Waals surface area contributed by atoms with Gasteiger partial charge < -0.3 is 10.3 Å². The molecule has 0 saturated heterocycles. The van der Waals surface area contributed by atoms with Gasteiger partial charge in [-0.2, -0.15) is 0 Å². The lowest BCUT2D eigenvalue weighted by Gasteiger charge is -2.26. The summed E-state index contributed by atoms with van der Waals surface area (Å²) in [5.74, 6) is -0.340. The van der Waals surface area contributed by atoms with E-state index in [1.807, 2.05) is 0 Å². The molecule has 1 saturated carbocycles. The second kappa shape index (κ2) is 4.29. The number of hydrogen-bond acceptors (Lipinski definition) is 2. The van der Waals surface area contributed by atoms with Crippen molar-refractivity contribution >= 4 is 17.5 Å². The average Bonchev–Trinajstić information content (AvgIpc) is 2.17. The van der Waals surface area contributed by atoms with Gasteiger partial charge in [-0.3, -0.25) is 9.59 Å². The molecule has 0 unspecified atom stereocenters. The molecule has 1 aliphatic carbocycles. The van der Waals surface area contributed by atoms with E-state index < -0.39 is 5.56 Å². The molecule has 2 rings (SSSR count). The number of aryl methyl sites for hydroxylation is 1. The zero-order valence-corrected chi connectivity index (χ0v) is 9.73. The summed E-state index contributed by atoms with van der Waals surface area (Å²) in [5, 5.41) is 3.20. The molecule has 0 bridgehead atoms. The molecule has 1 aliphatic rings. The summed E-state index contributed by atoms with van der Waals surface area (Å²) >= 11 is 5.86. The number of carbonyl (C=O) groups is 1. The molecule has 0 spiro atoms. The summed E-state index contributed by atoms with van der Waals surface area (Å²) in [5.41, 5.74) is 0.271. The number of nitrogens with one attached hydrogen (secondary N) is 2. The summed E-state index contributed by atoms with van der Waals surface area (Å²) in [6.45, 7) is 1.69. The number of aromatic nitrogens is 1. The van der Waals surface area contributed by atoms with Crippen molar-refractivity contribution in [3.8, 4) is 0 Å². The van der Waals surface area contributed by atoms with Crippen LogP contribution in [0.2, 0.25) is 5.02 Å². The third-order valence-electron chi connectivity index (χ3n) is 2.86. The Kier molecular flexibility index (Phi) is 3.01. The van der Waals surface area contributed by atoms with Gasteiger partial charge in [-0.05, 0) is 32.3 Å². The number of rotatable bonds is 2. The zero-order chi connectivity index (χ0) is 11.7. The molecule has 0 radical (unpaired) electrons. The minimum atomic E-state index is -0.390. The molecule has 0 aliphatic heterocycles. The molecule has 1 aromatic rings. The van der Waals surface area contributed by atoms with E-state index in [1.54, 1.807) is 6.92 Å². The topological polar surface area (TPSA) is 62.0 Å². The van der Waals surface area contributed by atoms with Crippen molar-refractivity contribution in [3.05, 3.63) is 32.7 Å². The number of halogens is 1. The predicted octanol–water partition coefficient (Wildman–Crippen LogP) is 1.62. The Balaban J connectivity index is 2.22. The predicted molar refractivity (Wildman–Crippen MR) is 61.9 cm³/mol. The molecule has 1 fully saturated rings. The molecule has 4 nitrogen and oxygen atoms in total. The maximum atomic E-state index is 11.7. The van der Waals surface area contributed by atoms with Crippen molar-refractivity contribution in [2.45, 2.75) is 32.2 Å². The second-order valence-electron chi connectivity index (χ2n) is 4.09. The van der Waals surface area contributed by atoms with Crippen LogP contribution in [0.4, 0.5) is 0 Å². The number of aromatic amines is 1. The fourth-order valence-corrected chi connectivity index (χ4v) is 1.74. The Bertz CT molecular complexity index is 477. The summed E-state index contributed by atoms with van der Waals surface area (Å²) in [6.07, 6.45) is 3.11. The lowest BCUT2D eigenvalue weighted by molar-refractivity contribution is 0.0915. The standard InChI is InChI=1S/C11H13ClN2O2/c1-6-9(12)5-8(10(15)13-6)11(16)14-7-3-2-4-7/h5,7H,2-4H2,1H3,(H,13,15)(H,14,16). The number of carbonyl (C=O) groups excluding carboxylic acids is 1. The van der Waals surface area contributed by atoms with Crippen molar-refractivity contribution < 1.29 is 4.79 Å². The van der Waals surface area contributed by atoms with E-state index in [4.69, 9.17) is 11.6 Å². The van der Waals surface area contributed by atoms with Crippen LogP contribution < -0.4 is 10.9 Å². The minimum Gasteiger partial charge on any atom is -0.349 e. The summed E-state index contributed by atoms with van der Waals surface area (Å²) < 4.78 is 0. The van der Waals surface area contributed by atoms with Gasteiger partial charge in [0.2, 0.25) is 0 Å². The van der Waals surface area contributed by atoms with Crippen LogP contribution in [0.5, 0.6) is 0 Å². The van der Waals surface area contributed by atoms with Gasteiger partial charge in [0.25, 0.3) is 11.5 Å². The first-order valence-electron chi connectivity index (χ1n) is 5.28. The minimum absolute atomic E-state index is 0.0856. The van der Waals surface area contributed by atoms with Crippen LogP contribution in [0, 0.1) is 6.92 Å². The fourth-order valence-electron chi connectivity index (χ4n) is 1.58. The lowest BCUT2D eigenvalue weighted by atomic mass is 9.93.